The summed E-state index contributed by atoms with van der Waals surface area (Å²) in [6.45, 7) is 3.60. The summed E-state index contributed by atoms with van der Waals surface area (Å²) in [5, 5.41) is 18.7. The minimum absolute atomic E-state index is 0.178. The fourth-order valence-corrected chi connectivity index (χ4v) is 1.47. The molecule has 5 nitrogen and oxygen atoms in total. The van der Waals surface area contributed by atoms with Crippen molar-refractivity contribution in [2.75, 3.05) is 5.32 Å². The number of aromatic amines is 1. The molecule has 0 aliphatic carbocycles. The van der Waals surface area contributed by atoms with Crippen LogP contribution in [0.1, 0.15) is 21.6 Å². The molecule has 0 radical (unpaired) electrons. The summed E-state index contributed by atoms with van der Waals surface area (Å²) in [5.41, 5.74) is 2.03. The molecule has 0 saturated carbocycles. The van der Waals surface area contributed by atoms with E-state index in [0.29, 0.717) is 16.9 Å². The van der Waals surface area contributed by atoms with Gasteiger partial charge in [0.1, 0.15) is 5.75 Å². The molecule has 0 saturated heterocycles. The van der Waals surface area contributed by atoms with Crippen LogP contribution in [0.4, 0.5) is 5.82 Å². The fraction of sp³-hybridized carbons (Fsp3) is 0.167. The third-order valence-electron chi connectivity index (χ3n) is 2.41. The number of carbonyl (C=O) groups excluding carboxylic acids is 1. The largest absolute Gasteiger partial charge is 0.508 e. The summed E-state index contributed by atoms with van der Waals surface area (Å²) >= 11 is 0. The Morgan fingerprint density at radius 3 is 2.71 bits per heavy atom. The Morgan fingerprint density at radius 2 is 2.12 bits per heavy atom. The molecular formula is C12H13N3O2. The van der Waals surface area contributed by atoms with E-state index in [1.165, 1.54) is 6.07 Å². The highest BCUT2D eigenvalue weighted by molar-refractivity contribution is 6.04. The third-order valence-corrected chi connectivity index (χ3v) is 2.41. The number of nitrogens with one attached hydrogen (secondary N) is 2. The number of hydrogen-bond acceptors (Lipinski definition) is 3. The van der Waals surface area contributed by atoms with Crippen molar-refractivity contribution in [3.8, 4) is 5.75 Å². The molecule has 0 aliphatic heterocycles. The Morgan fingerprint density at radius 1 is 1.35 bits per heavy atom. The van der Waals surface area contributed by atoms with E-state index in [2.05, 4.69) is 15.5 Å². The van der Waals surface area contributed by atoms with Crippen LogP contribution in [-0.4, -0.2) is 21.2 Å². The monoisotopic (exact) mass is 231 g/mol. The van der Waals surface area contributed by atoms with E-state index in [1.54, 1.807) is 25.1 Å². The zero-order valence-electron chi connectivity index (χ0n) is 9.61. The van der Waals surface area contributed by atoms with Gasteiger partial charge in [-0.15, -0.1) is 0 Å². The van der Waals surface area contributed by atoms with Crippen LogP contribution in [0.5, 0.6) is 5.75 Å². The highest BCUT2D eigenvalue weighted by Gasteiger charge is 2.09. The standard InChI is InChI=1S/C12H13N3O2/c1-7-5-9(3-4-10(7)16)12(17)13-11-6-8(2)14-15-11/h3-6,16H,1-2H3,(H2,13,14,15,17). The quantitative estimate of drug-likeness (QED) is 0.739. The molecule has 3 N–H and O–H groups in total. The van der Waals surface area contributed by atoms with E-state index in [9.17, 15) is 9.90 Å². The van der Waals surface area contributed by atoms with Crippen LogP contribution in [0, 0.1) is 13.8 Å². The zero-order valence-corrected chi connectivity index (χ0v) is 9.61. The van der Waals surface area contributed by atoms with Gasteiger partial charge in [-0.1, -0.05) is 0 Å². The first-order chi connectivity index (χ1) is 8.06. The van der Waals surface area contributed by atoms with Crippen molar-refractivity contribution < 1.29 is 9.90 Å². The first-order valence-electron chi connectivity index (χ1n) is 5.19. The van der Waals surface area contributed by atoms with Crippen LogP contribution in [0.25, 0.3) is 0 Å². The van der Waals surface area contributed by atoms with E-state index < -0.39 is 0 Å². The normalized spacial score (nSPS) is 10.2. The Hall–Kier alpha value is -2.30. The average Bonchev–Trinajstić information content (AvgIpc) is 2.68. The van der Waals surface area contributed by atoms with Crippen molar-refractivity contribution in [3.05, 3.63) is 41.1 Å². The van der Waals surface area contributed by atoms with Gasteiger partial charge in [-0.3, -0.25) is 9.89 Å². The number of hydrogen-bond donors (Lipinski definition) is 3. The minimum Gasteiger partial charge on any atom is -0.508 e. The molecule has 17 heavy (non-hydrogen) atoms. The minimum atomic E-state index is -0.250. The predicted molar refractivity (Wildman–Crippen MR) is 64.1 cm³/mol. The molecule has 0 spiro atoms. The van der Waals surface area contributed by atoms with Crippen molar-refractivity contribution in [1.29, 1.82) is 0 Å². The topological polar surface area (TPSA) is 78.0 Å². The van der Waals surface area contributed by atoms with Crippen LogP contribution < -0.4 is 5.32 Å². The Bertz CT molecular complexity index is 561. The molecule has 5 heteroatoms. The molecule has 1 aromatic carbocycles. The number of carbonyl (C=O) groups is 1. The van der Waals surface area contributed by atoms with E-state index >= 15 is 0 Å². The maximum absolute atomic E-state index is 11.8. The number of aromatic nitrogens is 2. The number of aromatic hydroxyl groups is 1. The highest BCUT2D eigenvalue weighted by Crippen LogP contribution is 2.17. The van der Waals surface area contributed by atoms with Crippen molar-refractivity contribution in [3.63, 3.8) is 0 Å². The molecule has 0 atom stereocenters. The van der Waals surface area contributed by atoms with Gasteiger partial charge in [0.25, 0.3) is 5.91 Å². The lowest BCUT2D eigenvalue weighted by molar-refractivity contribution is 0.102. The van der Waals surface area contributed by atoms with Gasteiger partial charge in [-0.2, -0.15) is 5.10 Å². The van der Waals surface area contributed by atoms with Gasteiger partial charge in [0.2, 0.25) is 0 Å². The molecule has 0 bridgehead atoms. The molecular weight excluding hydrogens is 218 g/mol. The lowest BCUT2D eigenvalue weighted by Crippen LogP contribution is -2.12. The summed E-state index contributed by atoms with van der Waals surface area (Å²) in [6.07, 6.45) is 0. The van der Waals surface area contributed by atoms with Crippen molar-refractivity contribution in [2.45, 2.75) is 13.8 Å². The van der Waals surface area contributed by atoms with Crippen LogP contribution >= 0.6 is 0 Å². The van der Waals surface area contributed by atoms with Gasteiger partial charge in [-0.25, -0.2) is 0 Å². The SMILES string of the molecule is Cc1cc(NC(=O)c2ccc(O)c(C)c2)n[nH]1. The van der Waals surface area contributed by atoms with E-state index in [1.807, 2.05) is 6.92 Å². The second-order valence-electron chi connectivity index (χ2n) is 3.89. The van der Waals surface area contributed by atoms with Crippen LogP contribution in [0.15, 0.2) is 24.3 Å². The highest BCUT2D eigenvalue weighted by atomic mass is 16.3. The molecule has 0 fully saturated rings. The first kappa shape index (κ1) is 11.2. The summed E-state index contributed by atoms with van der Waals surface area (Å²) in [6, 6.07) is 6.44. The van der Waals surface area contributed by atoms with Gasteiger partial charge < -0.3 is 10.4 Å². The van der Waals surface area contributed by atoms with E-state index in [0.717, 1.165) is 5.69 Å². The lowest BCUT2D eigenvalue weighted by Gasteiger charge is -2.04. The number of aryl methyl sites for hydroxylation is 2. The number of nitrogens with zero attached hydrogens (tertiary/aromatic N) is 1. The second kappa shape index (κ2) is 4.29. The lowest BCUT2D eigenvalue weighted by atomic mass is 10.1. The average molecular weight is 231 g/mol. The van der Waals surface area contributed by atoms with Crippen LogP contribution in [-0.2, 0) is 0 Å². The number of phenols is 1. The first-order valence-corrected chi connectivity index (χ1v) is 5.19. The summed E-state index contributed by atoms with van der Waals surface area (Å²) in [5.74, 6) is 0.412. The fourth-order valence-electron chi connectivity index (χ4n) is 1.47. The third kappa shape index (κ3) is 2.44. The van der Waals surface area contributed by atoms with Gasteiger partial charge in [-0.05, 0) is 37.6 Å². The summed E-state index contributed by atoms with van der Waals surface area (Å²) in [4.78, 5) is 11.8. The summed E-state index contributed by atoms with van der Waals surface area (Å²) in [7, 11) is 0. The number of phenolic OH excluding ortho intramolecular Hbond substituents is 1. The van der Waals surface area contributed by atoms with Crippen LogP contribution in [0.3, 0.4) is 0 Å². The summed E-state index contributed by atoms with van der Waals surface area (Å²) < 4.78 is 0. The smallest absolute Gasteiger partial charge is 0.256 e. The maximum atomic E-state index is 11.8. The molecule has 0 unspecified atom stereocenters. The van der Waals surface area contributed by atoms with E-state index in [-0.39, 0.29) is 11.7 Å². The number of amides is 1. The van der Waals surface area contributed by atoms with Crippen molar-refractivity contribution in [2.24, 2.45) is 0 Å². The number of anilines is 1. The van der Waals surface area contributed by atoms with Crippen molar-refractivity contribution >= 4 is 11.7 Å². The van der Waals surface area contributed by atoms with Crippen molar-refractivity contribution in [1.82, 2.24) is 10.2 Å². The Labute approximate surface area is 98.5 Å². The molecule has 0 aliphatic rings. The van der Waals surface area contributed by atoms with E-state index in [4.69, 9.17) is 0 Å². The van der Waals surface area contributed by atoms with Gasteiger partial charge >= 0.3 is 0 Å². The molecule has 1 heterocycles. The van der Waals surface area contributed by atoms with Crippen LogP contribution in [0.2, 0.25) is 0 Å². The molecule has 2 aromatic rings. The predicted octanol–water partition coefficient (Wildman–Crippen LogP) is 1.98. The maximum Gasteiger partial charge on any atom is 0.256 e. The van der Waals surface area contributed by atoms with Gasteiger partial charge in [0.05, 0.1) is 0 Å². The van der Waals surface area contributed by atoms with Gasteiger partial charge in [0.15, 0.2) is 5.82 Å². The molecule has 2 rings (SSSR count). The van der Waals surface area contributed by atoms with Gasteiger partial charge in [0, 0.05) is 17.3 Å². The molecule has 1 aromatic heterocycles. The number of H-pyrrole nitrogens is 1. The Kier molecular flexibility index (Phi) is 2.82. The molecule has 88 valence electrons. The Balaban J connectivity index is 2.17. The second-order valence-corrected chi connectivity index (χ2v) is 3.89. The number of benzene rings is 1. The zero-order chi connectivity index (χ0) is 12.4. The molecule has 1 amide bonds. The number of rotatable bonds is 2.